The van der Waals surface area contributed by atoms with E-state index in [-0.39, 0.29) is 6.10 Å². The lowest BCUT2D eigenvalue weighted by Gasteiger charge is -2.20. The first-order valence-electron chi connectivity index (χ1n) is 6.46. The SMILES string of the molecule is Cn1ncc(-c2nc(CC3CCCCO3)no2)c1N. The maximum Gasteiger partial charge on any atom is 0.263 e. The molecule has 0 aliphatic carbocycles. The second-order valence-corrected chi connectivity index (χ2v) is 4.78. The molecule has 2 aromatic rings. The molecule has 1 saturated heterocycles. The van der Waals surface area contributed by atoms with E-state index in [2.05, 4.69) is 15.2 Å². The van der Waals surface area contributed by atoms with Crippen LogP contribution in [0.3, 0.4) is 0 Å². The largest absolute Gasteiger partial charge is 0.383 e. The van der Waals surface area contributed by atoms with Gasteiger partial charge in [0.05, 0.1) is 12.3 Å². The number of aryl methyl sites for hydroxylation is 1. The Labute approximate surface area is 110 Å². The molecule has 0 spiro atoms. The average Bonchev–Trinajstić information content (AvgIpc) is 3.00. The fourth-order valence-electron chi connectivity index (χ4n) is 2.23. The van der Waals surface area contributed by atoms with Gasteiger partial charge in [-0.15, -0.1) is 0 Å². The first-order valence-corrected chi connectivity index (χ1v) is 6.46. The van der Waals surface area contributed by atoms with Gasteiger partial charge in [0.15, 0.2) is 5.82 Å². The minimum absolute atomic E-state index is 0.199. The van der Waals surface area contributed by atoms with Crippen LogP contribution in [0, 0.1) is 0 Å². The highest BCUT2D eigenvalue weighted by molar-refractivity contribution is 5.66. The average molecular weight is 263 g/mol. The van der Waals surface area contributed by atoms with Gasteiger partial charge in [0.2, 0.25) is 0 Å². The van der Waals surface area contributed by atoms with Gasteiger partial charge in [0.25, 0.3) is 5.89 Å². The van der Waals surface area contributed by atoms with E-state index in [9.17, 15) is 0 Å². The van der Waals surface area contributed by atoms with E-state index in [0.717, 1.165) is 19.4 Å². The van der Waals surface area contributed by atoms with Crippen LogP contribution in [0.1, 0.15) is 25.1 Å². The molecule has 7 nitrogen and oxygen atoms in total. The zero-order chi connectivity index (χ0) is 13.2. The predicted molar refractivity (Wildman–Crippen MR) is 68.2 cm³/mol. The summed E-state index contributed by atoms with van der Waals surface area (Å²) in [6.07, 6.45) is 5.91. The standard InChI is InChI=1S/C12H17N5O2/c1-17-11(13)9(7-14-17)12-15-10(16-19-12)6-8-4-2-3-5-18-8/h7-8H,2-6,13H2,1H3. The van der Waals surface area contributed by atoms with E-state index in [1.165, 1.54) is 6.42 Å². The number of aromatic nitrogens is 4. The van der Waals surface area contributed by atoms with Gasteiger partial charge >= 0.3 is 0 Å². The van der Waals surface area contributed by atoms with Gasteiger partial charge in [-0.3, -0.25) is 4.68 Å². The number of nitrogens with zero attached hydrogens (tertiary/aromatic N) is 4. The molecule has 3 rings (SSSR count). The molecule has 1 fully saturated rings. The minimum atomic E-state index is 0.199. The monoisotopic (exact) mass is 263 g/mol. The van der Waals surface area contributed by atoms with Crippen molar-refractivity contribution in [2.75, 3.05) is 12.3 Å². The van der Waals surface area contributed by atoms with Gasteiger partial charge in [-0.2, -0.15) is 10.1 Å². The van der Waals surface area contributed by atoms with Gasteiger partial charge in [-0.05, 0) is 19.3 Å². The fourth-order valence-corrected chi connectivity index (χ4v) is 2.23. The molecule has 3 heterocycles. The zero-order valence-corrected chi connectivity index (χ0v) is 10.9. The van der Waals surface area contributed by atoms with Crippen molar-refractivity contribution in [1.29, 1.82) is 0 Å². The maximum atomic E-state index is 5.88. The van der Waals surface area contributed by atoms with Crippen molar-refractivity contribution in [3.8, 4) is 11.5 Å². The van der Waals surface area contributed by atoms with Crippen molar-refractivity contribution in [2.45, 2.75) is 31.8 Å². The molecule has 0 bridgehead atoms. The lowest BCUT2D eigenvalue weighted by atomic mass is 10.1. The maximum absolute atomic E-state index is 5.88. The van der Waals surface area contributed by atoms with E-state index in [1.54, 1.807) is 17.9 Å². The Hall–Kier alpha value is -1.89. The Bertz CT molecular complexity index is 556. The summed E-state index contributed by atoms with van der Waals surface area (Å²) < 4.78 is 12.5. The number of hydrogen-bond acceptors (Lipinski definition) is 6. The summed E-state index contributed by atoms with van der Waals surface area (Å²) in [6.45, 7) is 0.824. The quantitative estimate of drug-likeness (QED) is 0.893. The van der Waals surface area contributed by atoms with Crippen molar-refractivity contribution in [3.63, 3.8) is 0 Å². The number of rotatable bonds is 3. The molecule has 1 aliphatic rings. The molecule has 0 saturated carbocycles. The number of nitrogens with two attached hydrogens (primary N) is 1. The normalized spacial score (nSPS) is 19.7. The lowest BCUT2D eigenvalue weighted by molar-refractivity contribution is 0.0153. The van der Waals surface area contributed by atoms with Crippen LogP contribution < -0.4 is 5.73 Å². The minimum Gasteiger partial charge on any atom is -0.383 e. The molecule has 1 aliphatic heterocycles. The molecule has 0 amide bonds. The highest BCUT2D eigenvalue weighted by atomic mass is 16.5. The third-order valence-corrected chi connectivity index (χ3v) is 3.37. The van der Waals surface area contributed by atoms with E-state index >= 15 is 0 Å². The van der Waals surface area contributed by atoms with Gasteiger partial charge in [0, 0.05) is 20.1 Å². The van der Waals surface area contributed by atoms with Gasteiger partial charge < -0.3 is 15.0 Å². The van der Waals surface area contributed by atoms with Crippen molar-refractivity contribution in [2.24, 2.45) is 7.05 Å². The van der Waals surface area contributed by atoms with Crippen LogP contribution in [-0.4, -0.2) is 32.6 Å². The van der Waals surface area contributed by atoms with Gasteiger partial charge in [0.1, 0.15) is 11.4 Å². The number of ether oxygens (including phenoxy) is 1. The van der Waals surface area contributed by atoms with E-state index in [0.29, 0.717) is 29.5 Å². The smallest absolute Gasteiger partial charge is 0.263 e. The number of hydrogen-bond donors (Lipinski definition) is 1. The lowest BCUT2D eigenvalue weighted by Crippen LogP contribution is -2.21. The molecule has 0 radical (unpaired) electrons. The van der Waals surface area contributed by atoms with E-state index < -0.39 is 0 Å². The number of anilines is 1. The first kappa shape index (κ1) is 12.2. The Kier molecular flexibility index (Phi) is 3.20. The summed E-state index contributed by atoms with van der Waals surface area (Å²) in [5.41, 5.74) is 6.55. The van der Waals surface area contributed by atoms with Gasteiger partial charge in [-0.1, -0.05) is 5.16 Å². The molecule has 0 aromatic carbocycles. The van der Waals surface area contributed by atoms with Crippen LogP contribution in [-0.2, 0) is 18.2 Å². The van der Waals surface area contributed by atoms with Crippen LogP contribution in [0.4, 0.5) is 5.82 Å². The number of nitrogen functional groups attached to an aromatic ring is 1. The summed E-state index contributed by atoms with van der Waals surface area (Å²) in [7, 11) is 1.77. The Morgan fingerprint density at radius 2 is 2.37 bits per heavy atom. The third kappa shape index (κ3) is 2.46. The van der Waals surface area contributed by atoms with E-state index in [1.807, 2.05) is 0 Å². The van der Waals surface area contributed by atoms with Crippen LogP contribution in [0.2, 0.25) is 0 Å². The molecule has 2 aromatic heterocycles. The topological polar surface area (TPSA) is 92.0 Å². The van der Waals surface area contributed by atoms with Crippen LogP contribution in [0.25, 0.3) is 11.5 Å². The predicted octanol–water partition coefficient (Wildman–Crippen LogP) is 1.16. The van der Waals surface area contributed by atoms with Crippen molar-refractivity contribution < 1.29 is 9.26 Å². The highest BCUT2D eigenvalue weighted by Gasteiger charge is 2.19. The molecule has 19 heavy (non-hydrogen) atoms. The summed E-state index contributed by atoms with van der Waals surface area (Å²) >= 11 is 0. The molecule has 1 unspecified atom stereocenters. The molecule has 1 atom stereocenters. The van der Waals surface area contributed by atoms with E-state index in [4.69, 9.17) is 15.0 Å². The second kappa shape index (κ2) is 5.00. The zero-order valence-electron chi connectivity index (χ0n) is 10.9. The van der Waals surface area contributed by atoms with Crippen LogP contribution >= 0.6 is 0 Å². The fraction of sp³-hybridized carbons (Fsp3) is 0.583. The first-order chi connectivity index (χ1) is 9.24. The summed E-state index contributed by atoms with van der Waals surface area (Å²) in [6, 6.07) is 0. The second-order valence-electron chi connectivity index (χ2n) is 4.78. The Balaban J connectivity index is 1.74. The molecule has 7 heteroatoms. The Morgan fingerprint density at radius 3 is 3.05 bits per heavy atom. The van der Waals surface area contributed by atoms with Crippen molar-refractivity contribution in [3.05, 3.63) is 12.0 Å². The Morgan fingerprint density at radius 1 is 1.47 bits per heavy atom. The molecular weight excluding hydrogens is 246 g/mol. The van der Waals surface area contributed by atoms with Crippen molar-refractivity contribution >= 4 is 5.82 Å². The highest BCUT2D eigenvalue weighted by Crippen LogP contribution is 2.24. The molecule has 102 valence electrons. The molecular formula is C12H17N5O2. The van der Waals surface area contributed by atoms with Crippen LogP contribution in [0.5, 0.6) is 0 Å². The third-order valence-electron chi connectivity index (χ3n) is 3.37. The summed E-state index contributed by atoms with van der Waals surface area (Å²) in [4.78, 5) is 4.36. The van der Waals surface area contributed by atoms with Crippen LogP contribution in [0.15, 0.2) is 10.7 Å². The van der Waals surface area contributed by atoms with Gasteiger partial charge in [-0.25, -0.2) is 0 Å². The molecule has 2 N–H and O–H groups in total. The van der Waals surface area contributed by atoms with Crippen molar-refractivity contribution in [1.82, 2.24) is 19.9 Å². The summed E-state index contributed by atoms with van der Waals surface area (Å²) in [5.74, 6) is 1.59. The summed E-state index contributed by atoms with van der Waals surface area (Å²) in [5, 5.41) is 8.04.